The molecule has 0 saturated heterocycles. The molecule has 2 heterocycles. The number of ether oxygens (including phenoxy) is 2. The minimum absolute atomic E-state index is 0.272. The third-order valence-corrected chi connectivity index (χ3v) is 7.97. The first kappa shape index (κ1) is 25.3. The van der Waals surface area contributed by atoms with Crippen molar-refractivity contribution in [2.75, 3.05) is 14.2 Å². The molecular weight excluding hydrogens is 493 g/mol. The SMILES string of the molecule is COc1cccc(-c2nc3cc(-c4c(C)noc4C)ccc3n2C2CCC(OC)CC2)c1-c1ccc(F)cc1. The van der Waals surface area contributed by atoms with Crippen LogP contribution in [-0.2, 0) is 4.74 Å². The van der Waals surface area contributed by atoms with Crippen LogP contribution in [0.4, 0.5) is 4.39 Å². The van der Waals surface area contributed by atoms with Crippen LogP contribution in [0.25, 0.3) is 44.7 Å². The van der Waals surface area contributed by atoms with Gasteiger partial charge in [-0.25, -0.2) is 9.37 Å². The summed E-state index contributed by atoms with van der Waals surface area (Å²) in [5.74, 6) is 2.11. The van der Waals surface area contributed by atoms with E-state index in [1.165, 1.54) is 12.1 Å². The van der Waals surface area contributed by atoms with Crippen LogP contribution in [0.3, 0.4) is 0 Å². The third-order valence-electron chi connectivity index (χ3n) is 7.97. The first-order valence-corrected chi connectivity index (χ1v) is 13.4. The molecule has 1 saturated carbocycles. The quantitative estimate of drug-likeness (QED) is 0.225. The minimum Gasteiger partial charge on any atom is -0.496 e. The Kier molecular flexibility index (Phi) is 6.69. The molecule has 6 rings (SSSR count). The second kappa shape index (κ2) is 10.3. The van der Waals surface area contributed by atoms with E-state index in [2.05, 4.69) is 34.0 Å². The molecule has 0 amide bonds. The molecular formula is C32H32FN3O3. The van der Waals surface area contributed by atoms with Gasteiger partial charge in [0.15, 0.2) is 0 Å². The number of fused-ring (bicyclic) bond motifs is 1. The Hall–Kier alpha value is -3.97. The summed E-state index contributed by atoms with van der Waals surface area (Å²) < 4.78 is 33.2. The molecule has 2 aromatic heterocycles. The zero-order chi connectivity index (χ0) is 27.1. The monoisotopic (exact) mass is 525 g/mol. The molecule has 0 spiro atoms. The number of benzene rings is 3. The summed E-state index contributed by atoms with van der Waals surface area (Å²) in [7, 11) is 3.46. The number of halogens is 1. The fourth-order valence-electron chi connectivity index (χ4n) is 6.05. The lowest BCUT2D eigenvalue weighted by Gasteiger charge is -2.30. The molecule has 5 aromatic rings. The first-order chi connectivity index (χ1) is 19.0. The Morgan fingerprint density at radius 2 is 1.64 bits per heavy atom. The van der Waals surface area contributed by atoms with Crippen molar-refractivity contribution in [1.29, 1.82) is 0 Å². The van der Waals surface area contributed by atoms with Crippen molar-refractivity contribution < 1.29 is 18.4 Å². The molecule has 1 fully saturated rings. The van der Waals surface area contributed by atoms with Crippen LogP contribution < -0.4 is 4.74 Å². The molecule has 0 N–H and O–H groups in total. The van der Waals surface area contributed by atoms with Crippen LogP contribution in [0.1, 0.15) is 43.2 Å². The predicted octanol–water partition coefficient (Wildman–Crippen LogP) is 7.92. The zero-order valence-corrected chi connectivity index (χ0v) is 22.7. The molecule has 0 atom stereocenters. The van der Waals surface area contributed by atoms with Crippen molar-refractivity contribution in [3.63, 3.8) is 0 Å². The summed E-state index contributed by atoms with van der Waals surface area (Å²) in [6.45, 7) is 3.89. The number of hydrogen-bond donors (Lipinski definition) is 0. The summed E-state index contributed by atoms with van der Waals surface area (Å²) in [5, 5.41) is 4.15. The number of rotatable bonds is 6. The van der Waals surface area contributed by atoms with Crippen molar-refractivity contribution in [3.05, 3.63) is 77.9 Å². The van der Waals surface area contributed by atoms with E-state index >= 15 is 0 Å². The molecule has 3 aromatic carbocycles. The van der Waals surface area contributed by atoms with E-state index in [4.69, 9.17) is 19.0 Å². The summed E-state index contributed by atoms with van der Waals surface area (Å²) in [5.41, 5.74) is 7.60. The van der Waals surface area contributed by atoms with Crippen LogP contribution in [0.5, 0.6) is 5.75 Å². The van der Waals surface area contributed by atoms with Gasteiger partial charge in [0.05, 0.1) is 29.9 Å². The number of aryl methyl sites for hydroxylation is 2. The van der Waals surface area contributed by atoms with E-state index in [0.717, 1.165) is 87.6 Å². The zero-order valence-electron chi connectivity index (χ0n) is 22.7. The Balaban J connectivity index is 1.58. The van der Waals surface area contributed by atoms with E-state index in [9.17, 15) is 4.39 Å². The fourth-order valence-corrected chi connectivity index (χ4v) is 6.05. The topological polar surface area (TPSA) is 62.3 Å². The Bertz CT molecular complexity index is 1610. The molecule has 200 valence electrons. The Labute approximate surface area is 227 Å². The number of imidazole rings is 1. The maximum Gasteiger partial charge on any atom is 0.142 e. The highest BCUT2D eigenvalue weighted by Crippen LogP contribution is 2.43. The molecule has 1 aliphatic rings. The van der Waals surface area contributed by atoms with Gasteiger partial charge in [-0.2, -0.15) is 0 Å². The number of nitrogens with zero attached hydrogens (tertiary/aromatic N) is 3. The van der Waals surface area contributed by atoms with Gasteiger partial charge in [-0.1, -0.05) is 35.5 Å². The van der Waals surface area contributed by atoms with Gasteiger partial charge in [-0.3, -0.25) is 0 Å². The Morgan fingerprint density at radius 1 is 0.897 bits per heavy atom. The van der Waals surface area contributed by atoms with Gasteiger partial charge in [0, 0.05) is 29.8 Å². The second-order valence-corrected chi connectivity index (χ2v) is 10.3. The molecule has 1 aliphatic carbocycles. The molecule has 0 aliphatic heterocycles. The van der Waals surface area contributed by atoms with Crippen LogP contribution in [-0.4, -0.2) is 35.0 Å². The summed E-state index contributed by atoms with van der Waals surface area (Å²) in [6, 6.07) is 19.2. The van der Waals surface area contributed by atoms with Gasteiger partial charge in [-0.05, 0) is 81.0 Å². The molecule has 39 heavy (non-hydrogen) atoms. The fraction of sp³-hybridized carbons (Fsp3) is 0.312. The van der Waals surface area contributed by atoms with Crippen LogP contribution in [0, 0.1) is 19.7 Å². The van der Waals surface area contributed by atoms with Gasteiger partial charge < -0.3 is 18.6 Å². The van der Waals surface area contributed by atoms with Crippen molar-refractivity contribution in [2.24, 2.45) is 0 Å². The number of aromatic nitrogens is 3. The first-order valence-electron chi connectivity index (χ1n) is 13.4. The van der Waals surface area contributed by atoms with Crippen molar-refractivity contribution in [2.45, 2.75) is 51.7 Å². The highest BCUT2D eigenvalue weighted by molar-refractivity contribution is 5.91. The summed E-state index contributed by atoms with van der Waals surface area (Å²) >= 11 is 0. The van der Waals surface area contributed by atoms with Crippen molar-refractivity contribution >= 4 is 11.0 Å². The highest BCUT2D eigenvalue weighted by atomic mass is 19.1. The average Bonchev–Trinajstić information content (AvgIpc) is 3.51. The molecule has 0 unspecified atom stereocenters. The average molecular weight is 526 g/mol. The highest BCUT2D eigenvalue weighted by Gasteiger charge is 2.28. The minimum atomic E-state index is -0.274. The normalized spacial score (nSPS) is 17.6. The molecule has 7 heteroatoms. The van der Waals surface area contributed by atoms with E-state index in [1.54, 1.807) is 26.4 Å². The lowest BCUT2D eigenvalue weighted by molar-refractivity contribution is 0.0591. The second-order valence-electron chi connectivity index (χ2n) is 10.3. The molecule has 0 radical (unpaired) electrons. The largest absolute Gasteiger partial charge is 0.496 e. The lowest BCUT2D eigenvalue weighted by atomic mass is 9.91. The lowest BCUT2D eigenvalue weighted by Crippen LogP contribution is -2.23. The van der Waals surface area contributed by atoms with Crippen molar-refractivity contribution in [3.8, 4) is 39.4 Å². The van der Waals surface area contributed by atoms with E-state index < -0.39 is 0 Å². The van der Waals surface area contributed by atoms with Crippen LogP contribution >= 0.6 is 0 Å². The number of hydrogen-bond acceptors (Lipinski definition) is 5. The van der Waals surface area contributed by atoms with E-state index in [-0.39, 0.29) is 18.0 Å². The predicted molar refractivity (Wildman–Crippen MR) is 150 cm³/mol. The van der Waals surface area contributed by atoms with Gasteiger partial charge >= 0.3 is 0 Å². The maximum atomic E-state index is 13.9. The summed E-state index contributed by atoms with van der Waals surface area (Å²) in [6.07, 6.45) is 4.29. The van der Waals surface area contributed by atoms with Gasteiger partial charge in [0.1, 0.15) is 23.2 Å². The molecule has 0 bridgehead atoms. The van der Waals surface area contributed by atoms with E-state index in [0.29, 0.717) is 0 Å². The van der Waals surface area contributed by atoms with Gasteiger partial charge in [0.2, 0.25) is 0 Å². The number of methoxy groups -OCH3 is 2. The smallest absolute Gasteiger partial charge is 0.142 e. The van der Waals surface area contributed by atoms with Gasteiger partial charge in [-0.15, -0.1) is 0 Å². The van der Waals surface area contributed by atoms with E-state index in [1.807, 2.05) is 26.0 Å². The maximum absolute atomic E-state index is 13.9. The Morgan fingerprint density at radius 3 is 2.31 bits per heavy atom. The summed E-state index contributed by atoms with van der Waals surface area (Å²) in [4.78, 5) is 5.26. The van der Waals surface area contributed by atoms with Crippen LogP contribution in [0.15, 0.2) is 65.2 Å². The standard InChI is InChI=1S/C32H32FN3O3/c1-19-30(20(2)39-35-19)22-10-17-28-27(18-22)34-32(36(28)24-13-15-25(37-3)16-14-24)26-6-5-7-29(38-4)31(26)21-8-11-23(33)12-9-21/h5-12,17-18,24-25H,13-16H2,1-4H3. The molecule has 6 nitrogen and oxygen atoms in total. The van der Waals surface area contributed by atoms with Crippen LogP contribution in [0.2, 0.25) is 0 Å². The third kappa shape index (κ3) is 4.51. The van der Waals surface area contributed by atoms with Crippen molar-refractivity contribution in [1.82, 2.24) is 14.7 Å². The van der Waals surface area contributed by atoms with Gasteiger partial charge in [0.25, 0.3) is 0 Å².